The lowest BCUT2D eigenvalue weighted by Crippen LogP contribution is -2.09. The number of halogens is 1. The van der Waals surface area contributed by atoms with Crippen LogP contribution in [0.15, 0.2) is 49.1 Å². The van der Waals surface area contributed by atoms with Crippen molar-refractivity contribution in [3.8, 4) is 5.69 Å². The van der Waals surface area contributed by atoms with Crippen molar-refractivity contribution < 1.29 is 4.92 Å². The molecule has 1 heterocycles. The Morgan fingerprint density at radius 3 is 2.56 bits per heavy atom. The van der Waals surface area contributed by atoms with E-state index in [0.29, 0.717) is 10.7 Å². The van der Waals surface area contributed by atoms with Crippen LogP contribution < -0.4 is 5.32 Å². The highest BCUT2D eigenvalue weighted by Gasteiger charge is 2.15. The lowest BCUT2D eigenvalue weighted by molar-refractivity contribution is -0.384. The Morgan fingerprint density at radius 2 is 2.00 bits per heavy atom. The summed E-state index contributed by atoms with van der Waals surface area (Å²) in [6.45, 7) is 3.80. The molecular formula is C17H16ClN5O2. The highest BCUT2D eigenvalue weighted by Crippen LogP contribution is 2.33. The van der Waals surface area contributed by atoms with Gasteiger partial charge in [-0.1, -0.05) is 23.7 Å². The second-order valence-corrected chi connectivity index (χ2v) is 6.08. The first-order valence-corrected chi connectivity index (χ1v) is 7.99. The number of aromatic nitrogens is 3. The monoisotopic (exact) mass is 357 g/mol. The minimum absolute atomic E-state index is 0.0158. The zero-order valence-corrected chi connectivity index (χ0v) is 14.4. The summed E-state index contributed by atoms with van der Waals surface area (Å²) in [4.78, 5) is 14.4. The summed E-state index contributed by atoms with van der Waals surface area (Å²) >= 11 is 6.22. The van der Waals surface area contributed by atoms with Crippen LogP contribution in [-0.4, -0.2) is 19.7 Å². The van der Waals surface area contributed by atoms with E-state index >= 15 is 0 Å². The Morgan fingerprint density at radius 1 is 1.28 bits per heavy atom. The van der Waals surface area contributed by atoms with E-state index in [9.17, 15) is 10.1 Å². The molecule has 0 aliphatic heterocycles. The third-order valence-electron chi connectivity index (χ3n) is 3.92. The van der Waals surface area contributed by atoms with E-state index < -0.39 is 4.92 Å². The van der Waals surface area contributed by atoms with Gasteiger partial charge in [0, 0.05) is 18.2 Å². The molecule has 1 N–H and O–H groups in total. The second kappa shape index (κ2) is 6.90. The average Bonchev–Trinajstić information content (AvgIpc) is 3.12. The van der Waals surface area contributed by atoms with E-state index in [-0.39, 0.29) is 11.7 Å². The van der Waals surface area contributed by atoms with E-state index in [1.165, 1.54) is 18.5 Å². The molecule has 0 fully saturated rings. The number of hydrogen-bond donors (Lipinski definition) is 1. The summed E-state index contributed by atoms with van der Waals surface area (Å²) in [6, 6.07) is 10.7. The Balaban J connectivity index is 1.80. The van der Waals surface area contributed by atoms with Crippen molar-refractivity contribution in [3.63, 3.8) is 0 Å². The van der Waals surface area contributed by atoms with Gasteiger partial charge in [0.25, 0.3) is 5.69 Å². The zero-order chi connectivity index (χ0) is 18.0. The first kappa shape index (κ1) is 16.9. The summed E-state index contributed by atoms with van der Waals surface area (Å²) in [7, 11) is 0. The van der Waals surface area contributed by atoms with Gasteiger partial charge in [-0.3, -0.25) is 10.1 Å². The molecule has 0 spiro atoms. The normalized spacial score (nSPS) is 12.0. The maximum absolute atomic E-state index is 10.9. The molecule has 25 heavy (non-hydrogen) atoms. The van der Waals surface area contributed by atoms with Gasteiger partial charge in [-0.05, 0) is 37.1 Å². The van der Waals surface area contributed by atoms with Crippen LogP contribution in [0.1, 0.15) is 24.1 Å². The fourth-order valence-electron chi connectivity index (χ4n) is 2.57. The van der Waals surface area contributed by atoms with Crippen LogP contribution in [-0.2, 0) is 0 Å². The molecular weight excluding hydrogens is 342 g/mol. The first-order chi connectivity index (χ1) is 12.0. The third-order valence-corrected chi connectivity index (χ3v) is 4.22. The molecule has 2 aromatic carbocycles. The lowest BCUT2D eigenvalue weighted by atomic mass is 10.1. The van der Waals surface area contributed by atoms with Crippen molar-refractivity contribution in [1.29, 1.82) is 0 Å². The topological polar surface area (TPSA) is 85.9 Å². The molecule has 0 radical (unpaired) electrons. The Bertz CT molecular complexity index is 871. The van der Waals surface area contributed by atoms with E-state index in [1.54, 1.807) is 17.9 Å². The number of benzene rings is 2. The standard InChI is InChI=1S/C17H16ClN5O2/c1-11-7-15(23(24)25)8-16(18)17(11)21-12(2)13-3-5-14(6-4-13)22-10-19-9-20-22/h3-10,12,21H,1-2H3. The van der Waals surface area contributed by atoms with Crippen LogP contribution in [0, 0.1) is 17.0 Å². The summed E-state index contributed by atoms with van der Waals surface area (Å²) in [5.41, 5.74) is 3.37. The number of nitrogens with zero attached hydrogens (tertiary/aromatic N) is 4. The van der Waals surface area contributed by atoms with Crippen LogP contribution in [0.2, 0.25) is 5.02 Å². The van der Waals surface area contributed by atoms with Gasteiger partial charge >= 0.3 is 0 Å². The number of non-ortho nitro benzene ring substituents is 1. The Kier molecular flexibility index (Phi) is 4.67. The number of nitrogens with one attached hydrogen (secondary N) is 1. The molecule has 0 aliphatic carbocycles. The van der Waals surface area contributed by atoms with Crippen molar-refractivity contribution >= 4 is 23.0 Å². The van der Waals surface area contributed by atoms with Gasteiger partial charge in [-0.15, -0.1) is 0 Å². The van der Waals surface area contributed by atoms with Gasteiger partial charge < -0.3 is 5.32 Å². The summed E-state index contributed by atoms with van der Waals surface area (Å²) in [5.74, 6) is 0. The quantitative estimate of drug-likeness (QED) is 0.543. The molecule has 7 nitrogen and oxygen atoms in total. The largest absolute Gasteiger partial charge is 0.377 e. The van der Waals surface area contributed by atoms with E-state index in [4.69, 9.17) is 11.6 Å². The minimum atomic E-state index is -0.449. The number of rotatable bonds is 5. The predicted molar refractivity (Wildman–Crippen MR) is 96.2 cm³/mol. The smallest absolute Gasteiger partial charge is 0.271 e. The Labute approximate surface area is 149 Å². The number of hydrogen-bond acceptors (Lipinski definition) is 5. The predicted octanol–water partition coefficient (Wildman–Crippen LogP) is 4.31. The lowest BCUT2D eigenvalue weighted by Gasteiger charge is -2.19. The number of anilines is 1. The maximum Gasteiger partial charge on any atom is 0.271 e. The molecule has 0 saturated carbocycles. The molecule has 0 aliphatic rings. The van der Waals surface area contributed by atoms with Gasteiger partial charge in [0.05, 0.1) is 21.3 Å². The second-order valence-electron chi connectivity index (χ2n) is 5.67. The average molecular weight is 358 g/mol. The van der Waals surface area contributed by atoms with Gasteiger partial charge in [-0.2, -0.15) is 5.10 Å². The fraction of sp³-hybridized carbons (Fsp3) is 0.176. The molecule has 1 aromatic heterocycles. The zero-order valence-electron chi connectivity index (χ0n) is 13.7. The van der Waals surface area contributed by atoms with Gasteiger partial charge in [0.2, 0.25) is 0 Å². The fourth-order valence-corrected chi connectivity index (χ4v) is 2.89. The first-order valence-electron chi connectivity index (χ1n) is 7.61. The maximum atomic E-state index is 10.9. The molecule has 3 rings (SSSR count). The molecule has 0 saturated heterocycles. The van der Waals surface area contributed by atoms with Crippen LogP contribution in [0.5, 0.6) is 0 Å². The summed E-state index contributed by atoms with van der Waals surface area (Å²) < 4.78 is 1.68. The van der Waals surface area contributed by atoms with Crippen molar-refractivity contribution in [1.82, 2.24) is 14.8 Å². The van der Waals surface area contributed by atoms with Crippen molar-refractivity contribution in [2.24, 2.45) is 0 Å². The molecule has 1 unspecified atom stereocenters. The molecule has 8 heteroatoms. The third kappa shape index (κ3) is 3.61. The summed E-state index contributed by atoms with van der Waals surface area (Å²) in [5, 5.41) is 18.7. The molecule has 3 aromatic rings. The van der Waals surface area contributed by atoms with Crippen LogP contribution >= 0.6 is 11.6 Å². The number of aryl methyl sites for hydroxylation is 1. The van der Waals surface area contributed by atoms with Crippen LogP contribution in [0.4, 0.5) is 11.4 Å². The highest BCUT2D eigenvalue weighted by atomic mass is 35.5. The van der Waals surface area contributed by atoms with Gasteiger partial charge in [0.15, 0.2) is 0 Å². The van der Waals surface area contributed by atoms with Crippen LogP contribution in [0.25, 0.3) is 5.69 Å². The van der Waals surface area contributed by atoms with Crippen molar-refractivity contribution in [2.45, 2.75) is 19.9 Å². The molecule has 0 bridgehead atoms. The van der Waals surface area contributed by atoms with Gasteiger partial charge in [-0.25, -0.2) is 9.67 Å². The highest BCUT2D eigenvalue weighted by molar-refractivity contribution is 6.33. The molecule has 1 atom stereocenters. The van der Waals surface area contributed by atoms with E-state index in [2.05, 4.69) is 15.4 Å². The summed E-state index contributed by atoms with van der Waals surface area (Å²) in [6.07, 6.45) is 3.12. The molecule has 128 valence electrons. The van der Waals surface area contributed by atoms with Crippen molar-refractivity contribution in [3.05, 3.63) is 75.3 Å². The SMILES string of the molecule is Cc1cc([N+](=O)[O-])cc(Cl)c1NC(C)c1ccc(-n2cncn2)cc1. The minimum Gasteiger partial charge on any atom is -0.377 e. The number of nitro groups is 1. The van der Waals surface area contributed by atoms with E-state index in [0.717, 1.165) is 16.8 Å². The van der Waals surface area contributed by atoms with Gasteiger partial charge in [0.1, 0.15) is 12.7 Å². The Hall–Kier alpha value is -2.93. The van der Waals surface area contributed by atoms with Crippen molar-refractivity contribution in [2.75, 3.05) is 5.32 Å². The van der Waals surface area contributed by atoms with Crippen LogP contribution in [0.3, 0.4) is 0 Å². The molecule has 0 amide bonds. The number of nitro benzene ring substituents is 1. The van der Waals surface area contributed by atoms with E-state index in [1.807, 2.05) is 31.2 Å².